The Morgan fingerprint density at radius 3 is 2.54 bits per heavy atom. The van der Waals surface area contributed by atoms with Crippen molar-refractivity contribution in [3.63, 3.8) is 0 Å². The summed E-state index contributed by atoms with van der Waals surface area (Å²) in [7, 11) is 1.56. The smallest absolute Gasteiger partial charge is 0.298 e. The van der Waals surface area contributed by atoms with E-state index in [2.05, 4.69) is 6.58 Å². The first-order valence-corrected chi connectivity index (χ1v) is 8.70. The van der Waals surface area contributed by atoms with Crippen molar-refractivity contribution in [2.75, 3.05) is 18.6 Å². The number of benzene rings is 2. The largest absolute Gasteiger partial charge is 0.497 e. The van der Waals surface area contributed by atoms with Gasteiger partial charge in [0.15, 0.2) is 0 Å². The van der Waals surface area contributed by atoms with Crippen molar-refractivity contribution in [2.24, 2.45) is 0 Å². The zero-order valence-corrected chi connectivity index (χ0v) is 15.0. The number of hydrogen-bond acceptors (Lipinski definition) is 5. The van der Waals surface area contributed by atoms with E-state index in [4.69, 9.17) is 9.47 Å². The maximum Gasteiger partial charge on any atom is 0.298 e. The van der Waals surface area contributed by atoms with E-state index in [1.165, 1.54) is 0 Å². The molecule has 1 fully saturated rings. The molecule has 0 unspecified atom stereocenters. The van der Waals surface area contributed by atoms with Crippen LogP contribution in [-0.4, -0.2) is 24.9 Å². The molecular weight excluding hydrogens is 350 g/mol. The number of carbonyl (C=O) groups is 2. The lowest BCUT2D eigenvalue weighted by molar-refractivity contribution is -0.113. The molecule has 0 N–H and O–H groups in total. The van der Waals surface area contributed by atoms with Gasteiger partial charge in [-0.05, 0) is 48.2 Å². The van der Waals surface area contributed by atoms with Crippen molar-refractivity contribution in [3.8, 4) is 11.5 Å². The molecule has 5 nitrogen and oxygen atoms in total. The van der Waals surface area contributed by atoms with Crippen molar-refractivity contribution in [3.05, 3.63) is 71.7 Å². The van der Waals surface area contributed by atoms with Crippen LogP contribution in [0.25, 0.3) is 6.08 Å². The first kappa shape index (κ1) is 17.8. The summed E-state index contributed by atoms with van der Waals surface area (Å²) >= 11 is 0.906. The van der Waals surface area contributed by atoms with Crippen LogP contribution in [0.1, 0.15) is 5.56 Å². The number of ether oxygens (including phenoxy) is 2. The molecule has 1 aliphatic heterocycles. The minimum atomic E-state index is -0.358. The Kier molecular flexibility index (Phi) is 5.43. The molecule has 0 aliphatic carbocycles. The predicted molar refractivity (Wildman–Crippen MR) is 104 cm³/mol. The number of thioether (sulfide) groups is 1. The average molecular weight is 367 g/mol. The molecule has 1 aliphatic rings. The summed E-state index contributed by atoms with van der Waals surface area (Å²) in [6.07, 6.45) is 3.32. The Morgan fingerprint density at radius 1 is 1.12 bits per heavy atom. The van der Waals surface area contributed by atoms with Gasteiger partial charge in [-0.3, -0.25) is 9.59 Å². The summed E-state index contributed by atoms with van der Waals surface area (Å²) in [5.41, 5.74) is 1.24. The summed E-state index contributed by atoms with van der Waals surface area (Å²) < 4.78 is 10.7. The number of amides is 2. The lowest BCUT2D eigenvalue weighted by atomic mass is 10.2. The van der Waals surface area contributed by atoms with Crippen LogP contribution >= 0.6 is 11.8 Å². The molecule has 1 saturated heterocycles. The fourth-order valence-corrected chi connectivity index (χ4v) is 3.28. The van der Waals surface area contributed by atoms with Gasteiger partial charge in [0.25, 0.3) is 11.1 Å². The third-order valence-corrected chi connectivity index (χ3v) is 4.56. The Hall–Kier alpha value is -2.99. The Morgan fingerprint density at radius 2 is 1.85 bits per heavy atom. The van der Waals surface area contributed by atoms with E-state index in [1.807, 2.05) is 24.3 Å². The maximum atomic E-state index is 12.7. The van der Waals surface area contributed by atoms with Crippen LogP contribution in [0.2, 0.25) is 0 Å². The summed E-state index contributed by atoms with van der Waals surface area (Å²) in [4.78, 5) is 26.6. The van der Waals surface area contributed by atoms with Crippen molar-refractivity contribution in [1.29, 1.82) is 0 Å². The van der Waals surface area contributed by atoms with Crippen LogP contribution in [0.15, 0.2) is 66.1 Å². The normalized spacial score (nSPS) is 15.4. The molecule has 3 rings (SSSR count). The number of imide groups is 1. The molecule has 2 aromatic rings. The zero-order valence-electron chi connectivity index (χ0n) is 14.2. The van der Waals surface area contributed by atoms with Crippen molar-refractivity contribution in [2.45, 2.75) is 0 Å². The third kappa shape index (κ3) is 3.65. The molecule has 0 saturated carbocycles. The van der Waals surface area contributed by atoms with Gasteiger partial charge < -0.3 is 9.47 Å². The molecule has 26 heavy (non-hydrogen) atoms. The second kappa shape index (κ2) is 7.93. The van der Waals surface area contributed by atoms with Crippen LogP contribution in [0, 0.1) is 0 Å². The lowest BCUT2D eigenvalue weighted by Crippen LogP contribution is -2.27. The van der Waals surface area contributed by atoms with Crippen molar-refractivity contribution >= 4 is 34.7 Å². The van der Waals surface area contributed by atoms with E-state index >= 15 is 0 Å². The summed E-state index contributed by atoms with van der Waals surface area (Å²) in [5, 5.41) is -0.337. The van der Waals surface area contributed by atoms with Gasteiger partial charge >= 0.3 is 0 Å². The molecular formula is C20H17NO4S. The summed E-state index contributed by atoms with van der Waals surface area (Å²) in [6, 6.07) is 14.1. The Balaban J connectivity index is 1.89. The molecule has 0 radical (unpaired) electrons. The van der Waals surface area contributed by atoms with Gasteiger partial charge in [0.2, 0.25) is 0 Å². The molecule has 1 heterocycles. The second-order valence-electron chi connectivity index (χ2n) is 5.35. The minimum absolute atomic E-state index is 0.337. The first-order valence-electron chi connectivity index (χ1n) is 7.89. The van der Waals surface area contributed by atoms with Crippen LogP contribution < -0.4 is 14.4 Å². The highest BCUT2D eigenvalue weighted by molar-refractivity contribution is 8.19. The van der Waals surface area contributed by atoms with Crippen molar-refractivity contribution < 1.29 is 19.1 Å². The number of carbonyl (C=O) groups excluding carboxylic acids is 2. The molecule has 2 aromatic carbocycles. The van der Waals surface area contributed by atoms with Gasteiger partial charge in [0, 0.05) is 5.56 Å². The number of para-hydroxylation sites is 1. The van der Waals surface area contributed by atoms with Crippen LogP contribution in [0.3, 0.4) is 0 Å². The summed E-state index contributed by atoms with van der Waals surface area (Å²) in [5.74, 6) is 0.928. The van der Waals surface area contributed by atoms with Gasteiger partial charge in [0.05, 0.1) is 17.7 Å². The number of hydrogen-bond donors (Lipinski definition) is 0. The van der Waals surface area contributed by atoms with E-state index in [0.29, 0.717) is 28.7 Å². The number of methoxy groups -OCH3 is 1. The van der Waals surface area contributed by atoms with E-state index in [1.54, 1.807) is 43.5 Å². The second-order valence-corrected chi connectivity index (χ2v) is 6.35. The standard InChI is InChI=1S/C20H17NO4S/c1-3-12-25-17-7-5-4-6-14(17)13-18-19(22)21(20(23)26-18)15-8-10-16(24-2)11-9-15/h3-11,13H,1,12H2,2H3/b18-13-. The topological polar surface area (TPSA) is 55.8 Å². The molecule has 0 atom stereocenters. The van der Waals surface area contributed by atoms with Gasteiger partial charge in [-0.1, -0.05) is 30.9 Å². The maximum absolute atomic E-state index is 12.7. The molecule has 0 aromatic heterocycles. The lowest BCUT2D eigenvalue weighted by Gasteiger charge is -2.12. The van der Waals surface area contributed by atoms with Gasteiger partial charge in [0.1, 0.15) is 18.1 Å². The molecule has 132 valence electrons. The van der Waals surface area contributed by atoms with Gasteiger partial charge in [-0.2, -0.15) is 0 Å². The zero-order chi connectivity index (χ0) is 18.5. The Bertz CT molecular complexity index is 874. The predicted octanol–water partition coefficient (Wildman–Crippen LogP) is 4.50. The molecule has 6 heteroatoms. The molecule has 0 bridgehead atoms. The fraction of sp³-hybridized carbons (Fsp3) is 0.100. The highest BCUT2D eigenvalue weighted by atomic mass is 32.2. The van der Waals surface area contributed by atoms with Crippen LogP contribution in [-0.2, 0) is 4.79 Å². The number of rotatable bonds is 6. The minimum Gasteiger partial charge on any atom is -0.497 e. The fourth-order valence-electron chi connectivity index (χ4n) is 2.44. The quantitative estimate of drug-likeness (QED) is 0.556. The first-order chi connectivity index (χ1) is 12.6. The van der Waals surface area contributed by atoms with Gasteiger partial charge in [-0.15, -0.1) is 0 Å². The SMILES string of the molecule is C=CCOc1ccccc1/C=C1\SC(=O)N(c2ccc(OC)cc2)C1=O. The van der Waals surface area contributed by atoms with Crippen LogP contribution in [0.4, 0.5) is 10.5 Å². The van der Waals surface area contributed by atoms with Gasteiger partial charge in [-0.25, -0.2) is 4.90 Å². The third-order valence-electron chi connectivity index (χ3n) is 3.69. The highest BCUT2D eigenvalue weighted by Gasteiger charge is 2.36. The van der Waals surface area contributed by atoms with Crippen molar-refractivity contribution in [1.82, 2.24) is 0 Å². The molecule has 0 spiro atoms. The van der Waals surface area contributed by atoms with Crippen LogP contribution in [0.5, 0.6) is 11.5 Å². The molecule has 2 amide bonds. The van der Waals surface area contributed by atoms with E-state index in [0.717, 1.165) is 22.2 Å². The number of anilines is 1. The number of nitrogens with zero attached hydrogens (tertiary/aromatic N) is 1. The Labute approximate surface area is 155 Å². The van der Waals surface area contributed by atoms with E-state index < -0.39 is 0 Å². The summed E-state index contributed by atoms with van der Waals surface area (Å²) in [6.45, 7) is 3.99. The van der Waals surface area contributed by atoms with E-state index in [-0.39, 0.29) is 11.1 Å². The average Bonchev–Trinajstić information content (AvgIpc) is 2.94. The monoisotopic (exact) mass is 367 g/mol. The highest BCUT2D eigenvalue weighted by Crippen LogP contribution is 2.37. The van der Waals surface area contributed by atoms with E-state index in [9.17, 15) is 9.59 Å².